The molecule has 0 aliphatic rings. The van der Waals surface area contributed by atoms with E-state index in [1.165, 1.54) is 0 Å². The van der Waals surface area contributed by atoms with Crippen LogP contribution in [0.5, 0.6) is 5.75 Å². The van der Waals surface area contributed by atoms with Gasteiger partial charge in [0.1, 0.15) is 12.4 Å². The van der Waals surface area contributed by atoms with Crippen molar-refractivity contribution in [2.45, 2.75) is 20.0 Å². The zero-order chi connectivity index (χ0) is 20.5. The molecule has 3 rings (SSSR count). The normalized spacial score (nSPS) is 10.2. The minimum Gasteiger partial charge on any atom is -0.488 e. The van der Waals surface area contributed by atoms with Crippen molar-refractivity contribution in [2.75, 3.05) is 11.9 Å². The highest BCUT2D eigenvalue weighted by Crippen LogP contribution is 2.21. The number of carbonyl (C=O) groups is 2. The minimum atomic E-state index is -0.371. The number of esters is 1. The van der Waals surface area contributed by atoms with Crippen molar-refractivity contribution in [3.63, 3.8) is 0 Å². The number of anilines is 1. The summed E-state index contributed by atoms with van der Waals surface area (Å²) in [4.78, 5) is 24.6. The summed E-state index contributed by atoms with van der Waals surface area (Å²) in [6, 6.07) is 23.5. The highest BCUT2D eigenvalue weighted by molar-refractivity contribution is 6.06. The zero-order valence-electron chi connectivity index (χ0n) is 16.3. The van der Waals surface area contributed by atoms with Gasteiger partial charge in [-0.05, 0) is 48.4 Å². The molecule has 0 heterocycles. The van der Waals surface area contributed by atoms with Crippen molar-refractivity contribution in [2.24, 2.45) is 0 Å². The SMILES string of the molecule is CCCOC(=O)c1ccc(NC(=O)c2ccccc2OCc2ccccc2)cc1. The van der Waals surface area contributed by atoms with Gasteiger partial charge in [0.05, 0.1) is 17.7 Å². The van der Waals surface area contributed by atoms with Crippen LogP contribution in [-0.2, 0) is 11.3 Å². The third-order valence-corrected chi connectivity index (χ3v) is 4.18. The lowest BCUT2D eigenvalue weighted by atomic mass is 10.1. The topological polar surface area (TPSA) is 64.6 Å². The first kappa shape index (κ1) is 20.1. The van der Waals surface area contributed by atoms with E-state index in [1.807, 2.05) is 43.3 Å². The summed E-state index contributed by atoms with van der Waals surface area (Å²) in [5.41, 5.74) is 2.49. The van der Waals surface area contributed by atoms with Gasteiger partial charge in [-0.2, -0.15) is 0 Å². The van der Waals surface area contributed by atoms with Crippen molar-refractivity contribution >= 4 is 17.6 Å². The van der Waals surface area contributed by atoms with Crippen LogP contribution in [0.15, 0.2) is 78.9 Å². The summed E-state index contributed by atoms with van der Waals surface area (Å²) in [6.45, 7) is 2.70. The Morgan fingerprint density at radius 3 is 2.28 bits per heavy atom. The Morgan fingerprint density at radius 2 is 1.55 bits per heavy atom. The van der Waals surface area contributed by atoms with E-state index in [1.54, 1.807) is 42.5 Å². The fourth-order valence-electron chi connectivity index (χ4n) is 2.68. The van der Waals surface area contributed by atoms with E-state index >= 15 is 0 Å². The molecule has 5 heteroatoms. The van der Waals surface area contributed by atoms with Crippen LogP contribution in [0.1, 0.15) is 39.6 Å². The molecule has 5 nitrogen and oxygen atoms in total. The highest BCUT2D eigenvalue weighted by atomic mass is 16.5. The molecule has 0 aliphatic heterocycles. The Balaban J connectivity index is 1.65. The second-order valence-electron chi connectivity index (χ2n) is 6.44. The number of rotatable bonds is 8. The molecular weight excluding hydrogens is 366 g/mol. The quantitative estimate of drug-likeness (QED) is 0.545. The molecule has 0 saturated heterocycles. The van der Waals surface area contributed by atoms with Gasteiger partial charge >= 0.3 is 5.97 Å². The maximum absolute atomic E-state index is 12.7. The Hall–Kier alpha value is -3.60. The Morgan fingerprint density at radius 1 is 0.862 bits per heavy atom. The number of para-hydroxylation sites is 1. The standard InChI is InChI=1S/C24H23NO4/c1-2-16-28-24(27)19-12-14-20(15-13-19)25-23(26)21-10-6-7-11-22(21)29-17-18-8-4-3-5-9-18/h3-15H,2,16-17H2,1H3,(H,25,26). The predicted octanol–water partition coefficient (Wildman–Crippen LogP) is 5.08. The van der Waals surface area contributed by atoms with Gasteiger partial charge in [-0.3, -0.25) is 4.79 Å². The summed E-state index contributed by atoms with van der Waals surface area (Å²) >= 11 is 0. The third kappa shape index (κ3) is 5.69. The van der Waals surface area contributed by atoms with Crippen LogP contribution in [0, 0.1) is 0 Å². The average Bonchev–Trinajstić information content (AvgIpc) is 2.77. The van der Waals surface area contributed by atoms with E-state index in [9.17, 15) is 9.59 Å². The molecule has 0 bridgehead atoms. The summed E-state index contributed by atoms with van der Waals surface area (Å²) < 4.78 is 11.0. The summed E-state index contributed by atoms with van der Waals surface area (Å²) in [6.07, 6.45) is 0.769. The average molecular weight is 389 g/mol. The second kappa shape index (κ2) is 10.1. The van der Waals surface area contributed by atoms with Crippen molar-refractivity contribution < 1.29 is 19.1 Å². The molecule has 1 amide bonds. The molecule has 1 N–H and O–H groups in total. The number of benzene rings is 3. The van der Waals surface area contributed by atoms with E-state index in [4.69, 9.17) is 9.47 Å². The number of hydrogen-bond acceptors (Lipinski definition) is 4. The van der Waals surface area contributed by atoms with Gasteiger partial charge in [0.25, 0.3) is 5.91 Å². The molecule has 0 aromatic heterocycles. The highest BCUT2D eigenvalue weighted by Gasteiger charge is 2.13. The molecule has 0 saturated carbocycles. The first-order chi connectivity index (χ1) is 14.2. The van der Waals surface area contributed by atoms with E-state index in [-0.39, 0.29) is 11.9 Å². The molecule has 3 aromatic carbocycles. The van der Waals surface area contributed by atoms with Crippen LogP contribution >= 0.6 is 0 Å². The van der Waals surface area contributed by atoms with E-state index in [0.717, 1.165) is 12.0 Å². The lowest BCUT2D eigenvalue weighted by Crippen LogP contribution is -2.14. The first-order valence-electron chi connectivity index (χ1n) is 9.51. The number of carbonyl (C=O) groups excluding carboxylic acids is 2. The second-order valence-corrected chi connectivity index (χ2v) is 6.44. The summed E-state index contributed by atoms with van der Waals surface area (Å²) in [5, 5.41) is 2.84. The number of hydrogen-bond donors (Lipinski definition) is 1. The van der Waals surface area contributed by atoms with Crippen LogP contribution in [-0.4, -0.2) is 18.5 Å². The first-order valence-corrected chi connectivity index (χ1v) is 9.51. The summed E-state index contributed by atoms with van der Waals surface area (Å²) in [7, 11) is 0. The Kier molecular flexibility index (Phi) is 7.00. The molecule has 0 atom stereocenters. The van der Waals surface area contributed by atoms with E-state index < -0.39 is 0 Å². The minimum absolute atomic E-state index is 0.282. The molecule has 0 fully saturated rings. The maximum atomic E-state index is 12.7. The van der Waals surface area contributed by atoms with Crippen LogP contribution in [0.4, 0.5) is 5.69 Å². The molecule has 0 unspecified atom stereocenters. The van der Waals surface area contributed by atoms with E-state index in [0.29, 0.717) is 35.8 Å². The third-order valence-electron chi connectivity index (χ3n) is 4.18. The van der Waals surface area contributed by atoms with Crippen LogP contribution < -0.4 is 10.1 Å². The fraction of sp³-hybridized carbons (Fsp3) is 0.167. The monoisotopic (exact) mass is 389 g/mol. The predicted molar refractivity (Wildman–Crippen MR) is 112 cm³/mol. The van der Waals surface area contributed by atoms with E-state index in [2.05, 4.69) is 5.32 Å². The molecule has 3 aromatic rings. The fourth-order valence-corrected chi connectivity index (χ4v) is 2.68. The largest absolute Gasteiger partial charge is 0.488 e. The van der Waals surface area contributed by atoms with Crippen molar-refractivity contribution in [3.8, 4) is 5.75 Å². The van der Waals surface area contributed by atoms with Gasteiger partial charge < -0.3 is 14.8 Å². The molecule has 148 valence electrons. The van der Waals surface area contributed by atoms with Crippen molar-refractivity contribution in [3.05, 3.63) is 95.6 Å². The van der Waals surface area contributed by atoms with Crippen molar-refractivity contribution in [1.29, 1.82) is 0 Å². The van der Waals surface area contributed by atoms with Gasteiger partial charge in [-0.15, -0.1) is 0 Å². The van der Waals surface area contributed by atoms with Gasteiger partial charge in [0, 0.05) is 5.69 Å². The number of ether oxygens (including phenoxy) is 2. The lowest BCUT2D eigenvalue weighted by molar-refractivity contribution is 0.0505. The summed E-state index contributed by atoms with van der Waals surface area (Å²) in [5.74, 6) is -0.145. The molecular formula is C24H23NO4. The number of nitrogens with one attached hydrogen (secondary N) is 1. The molecule has 0 radical (unpaired) electrons. The zero-order valence-corrected chi connectivity index (χ0v) is 16.3. The van der Waals surface area contributed by atoms with Crippen LogP contribution in [0.3, 0.4) is 0 Å². The Bertz CT molecular complexity index is 952. The van der Waals surface area contributed by atoms with Crippen LogP contribution in [0.2, 0.25) is 0 Å². The smallest absolute Gasteiger partial charge is 0.338 e. The van der Waals surface area contributed by atoms with Gasteiger partial charge in [-0.25, -0.2) is 4.79 Å². The Labute approximate surface area is 170 Å². The molecule has 0 aliphatic carbocycles. The molecule has 29 heavy (non-hydrogen) atoms. The maximum Gasteiger partial charge on any atom is 0.338 e. The van der Waals surface area contributed by atoms with Crippen molar-refractivity contribution in [1.82, 2.24) is 0 Å². The van der Waals surface area contributed by atoms with Gasteiger partial charge in [0.2, 0.25) is 0 Å². The van der Waals surface area contributed by atoms with Gasteiger partial charge in [-0.1, -0.05) is 49.4 Å². The molecule has 0 spiro atoms. The van der Waals surface area contributed by atoms with Crippen LogP contribution in [0.25, 0.3) is 0 Å². The number of amides is 1. The van der Waals surface area contributed by atoms with Gasteiger partial charge in [0.15, 0.2) is 0 Å². The lowest BCUT2D eigenvalue weighted by Gasteiger charge is -2.12.